The van der Waals surface area contributed by atoms with Crippen molar-refractivity contribution in [2.75, 3.05) is 6.54 Å². The molecule has 3 heteroatoms. The summed E-state index contributed by atoms with van der Waals surface area (Å²) in [6, 6.07) is 0. The van der Waals surface area contributed by atoms with Gasteiger partial charge in [0.2, 0.25) is 0 Å². The van der Waals surface area contributed by atoms with Gasteiger partial charge in [-0.25, -0.2) is 0 Å². The Kier molecular flexibility index (Phi) is 4.44. The summed E-state index contributed by atoms with van der Waals surface area (Å²) in [6.07, 6.45) is 4.56. The molecule has 0 amide bonds. The van der Waals surface area contributed by atoms with E-state index in [-0.39, 0.29) is 0 Å². The Bertz CT molecular complexity index is 135. The fourth-order valence-corrected chi connectivity index (χ4v) is 0.251. The zero-order valence-electron chi connectivity index (χ0n) is 5.25. The van der Waals surface area contributed by atoms with Crippen LogP contribution >= 0.6 is 0 Å². The van der Waals surface area contributed by atoms with E-state index in [1.54, 1.807) is 12.3 Å². The minimum atomic E-state index is 0.384. The lowest BCUT2D eigenvalue weighted by Crippen LogP contribution is -1.99. The Morgan fingerprint density at radius 3 is 2.78 bits per heavy atom. The summed E-state index contributed by atoms with van der Waals surface area (Å²) in [5.74, 6) is 0. The van der Waals surface area contributed by atoms with Crippen LogP contribution in [0.4, 0.5) is 0 Å². The predicted molar refractivity (Wildman–Crippen MR) is 40.0 cm³/mol. The fraction of sp³-hybridized carbons (Fsp3) is 0.167. The topological polar surface area (TPSA) is 64.4 Å². The van der Waals surface area contributed by atoms with E-state index in [2.05, 4.69) is 11.6 Å². The molecule has 4 N–H and O–H groups in total. The zero-order valence-corrected chi connectivity index (χ0v) is 5.25. The molecule has 0 aliphatic heterocycles. The van der Waals surface area contributed by atoms with Crippen LogP contribution in [-0.4, -0.2) is 12.8 Å². The average molecular weight is 125 g/mol. The first-order valence-corrected chi connectivity index (χ1v) is 2.60. The van der Waals surface area contributed by atoms with Crippen LogP contribution in [0, 0.1) is 0 Å². The van der Waals surface area contributed by atoms with E-state index in [0.717, 1.165) is 0 Å². The molecule has 0 rings (SSSR count). The number of nitrogens with two attached hydrogens (primary N) is 2. The Labute approximate surface area is 54.8 Å². The van der Waals surface area contributed by atoms with E-state index in [1.807, 2.05) is 0 Å². The lowest BCUT2D eigenvalue weighted by Gasteiger charge is -1.87. The summed E-state index contributed by atoms with van der Waals surface area (Å²) in [7, 11) is 0. The summed E-state index contributed by atoms with van der Waals surface area (Å²) in [5.41, 5.74) is 10.9. The molecule has 0 atom stereocenters. The molecule has 0 fully saturated rings. The van der Waals surface area contributed by atoms with Gasteiger partial charge in [-0.1, -0.05) is 6.58 Å². The van der Waals surface area contributed by atoms with Gasteiger partial charge in [0.25, 0.3) is 0 Å². The van der Waals surface area contributed by atoms with Gasteiger partial charge in [0.1, 0.15) is 0 Å². The van der Waals surface area contributed by atoms with Gasteiger partial charge in [-0.05, 0) is 12.3 Å². The lowest BCUT2D eigenvalue weighted by atomic mass is 10.5. The SMILES string of the molecule is C=C(CN)/N=C\C=C/N. The summed E-state index contributed by atoms with van der Waals surface area (Å²) >= 11 is 0. The highest BCUT2D eigenvalue weighted by Gasteiger charge is 1.77. The van der Waals surface area contributed by atoms with Crippen molar-refractivity contribution in [3.63, 3.8) is 0 Å². The van der Waals surface area contributed by atoms with Crippen LogP contribution in [-0.2, 0) is 0 Å². The third-order valence-corrected chi connectivity index (χ3v) is 0.690. The molecule has 0 aromatic rings. The number of hydrogen-bond acceptors (Lipinski definition) is 3. The molecule has 0 heterocycles. The van der Waals surface area contributed by atoms with Crippen LogP contribution in [0.5, 0.6) is 0 Å². The molecule has 0 unspecified atom stereocenters. The fourth-order valence-electron chi connectivity index (χ4n) is 0.251. The minimum absolute atomic E-state index is 0.384. The molecular formula is C6H11N3. The van der Waals surface area contributed by atoms with E-state index in [0.29, 0.717) is 12.2 Å². The van der Waals surface area contributed by atoms with Crippen molar-refractivity contribution >= 4 is 6.21 Å². The number of rotatable bonds is 3. The van der Waals surface area contributed by atoms with Gasteiger partial charge in [0, 0.05) is 18.5 Å². The van der Waals surface area contributed by atoms with Crippen LogP contribution in [0.2, 0.25) is 0 Å². The summed E-state index contributed by atoms with van der Waals surface area (Å²) in [5, 5.41) is 0. The summed E-state index contributed by atoms with van der Waals surface area (Å²) < 4.78 is 0. The molecule has 0 aliphatic carbocycles. The molecule has 0 saturated carbocycles. The minimum Gasteiger partial charge on any atom is -0.405 e. The second kappa shape index (κ2) is 5.05. The van der Waals surface area contributed by atoms with Crippen molar-refractivity contribution in [1.82, 2.24) is 0 Å². The molecule has 9 heavy (non-hydrogen) atoms. The standard InChI is InChI=1S/C6H11N3/c1-6(5-8)9-4-2-3-7/h2-4H,1,5,7-8H2/b3-2-,9-4-. The highest BCUT2D eigenvalue weighted by Crippen LogP contribution is 1.83. The van der Waals surface area contributed by atoms with Crippen molar-refractivity contribution in [2.45, 2.75) is 0 Å². The van der Waals surface area contributed by atoms with Gasteiger partial charge in [0.05, 0.1) is 0 Å². The van der Waals surface area contributed by atoms with E-state index in [9.17, 15) is 0 Å². The predicted octanol–water partition coefficient (Wildman–Crippen LogP) is 0.00200. The van der Waals surface area contributed by atoms with Gasteiger partial charge < -0.3 is 11.5 Å². The third-order valence-electron chi connectivity index (χ3n) is 0.690. The molecule has 0 bridgehead atoms. The van der Waals surface area contributed by atoms with Crippen LogP contribution in [0.25, 0.3) is 0 Å². The van der Waals surface area contributed by atoms with Crippen LogP contribution in [0.15, 0.2) is 29.5 Å². The summed E-state index contributed by atoms with van der Waals surface area (Å²) in [6.45, 7) is 3.93. The quantitative estimate of drug-likeness (QED) is 0.521. The molecule has 50 valence electrons. The van der Waals surface area contributed by atoms with Gasteiger partial charge >= 0.3 is 0 Å². The van der Waals surface area contributed by atoms with Crippen LogP contribution in [0.3, 0.4) is 0 Å². The Hall–Kier alpha value is -1.09. The maximum Gasteiger partial charge on any atom is 0.0467 e. The number of aliphatic imine (C=N–C) groups is 1. The second-order valence-electron chi connectivity index (χ2n) is 1.43. The molecule has 0 saturated heterocycles. The first-order chi connectivity index (χ1) is 4.31. The van der Waals surface area contributed by atoms with Gasteiger partial charge in [-0.3, -0.25) is 4.99 Å². The zero-order chi connectivity index (χ0) is 7.11. The van der Waals surface area contributed by atoms with Crippen molar-refractivity contribution < 1.29 is 0 Å². The molecule has 0 aromatic heterocycles. The van der Waals surface area contributed by atoms with E-state index in [4.69, 9.17) is 11.5 Å². The monoisotopic (exact) mass is 125 g/mol. The largest absolute Gasteiger partial charge is 0.405 e. The van der Waals surface area contributed by atoms with E-state index in [1.165, 1.54) is 6.20 Å². The number of hydrogen-bond donors (Lipinski definition) is 2. The lowest BCUT2D eigenvalue weighted by molar-refractivity contribution is 1.12. The second-order valence-corrected chi connectivity index (χ2v) is 1.43. The maximum atomic E-state index is 5.19. The Morgan fingerprint density at radius 1 is 1.67 bits per heavy atom. The smallest absolute Gasteiger partial charge is 0.0467 e. The van der Waals surface area contributed by atoms with Crippen molar-refractivity contribution in [1.29, 1.82) is 0 Å². The maximum absolute atomic E-state index is 5.19. The molecule has 0 spiro atoms. The van der Waals surface area contributed by atoms with Crippen molar-refractivity contribution in [3.8, 4) is 0 Å². The summed E-state index contributed by atoms with van der Waals surface area (Å²) in [4.78, 5) is 3.82. The highest BCUT2D eigenvalue weighted by molar-refractivity contribution is 5.71. The molecule has 0 radical (unpaired) electrons. The normalized spacial score (nSPS) is 11.2. The van der Waals surface area contributed by atoms with E-state index >= 15 is 0 Å². The highest BCUT2D eigenvalue weighted by atomic mass is 14.8. The van der Waals surface area contributed by atoms with Gasteiger partial charge in [-0.2, -0.15) is 0 Å². The van der Waals surface area contributed by atoms with Crippen LogP contribution < -0.4 is 11.5 Å². The van der Waals surface area contributed by atoms with Crippen molar-refractivity contribution in [2.24, 2.45) is 16.5 Å². The van der Waals surface area contributed by atoms with Gasteiger partial charge in [0.15, 0.2) is 0 Å². The average Bonchev–Trinajstić information content (AvgIpc) is 1.89. The number of allylic oxidation sites excluding steroid dienone is 1. The molecule has 3 nitrogen and oxygen atoms in total. The number of nitrogens with zero attached hydrogens (tertiary/aromatic N) is 1. The van der Waals surface area contributed by atoms with Crippen molar-refractivity contribution in [3.05, 3.63) is 24.6 Å². The van der Waals surface area contributed by atoms with E-state index < -0.39 is 0 Å². The first-order valence-electron chi connectivity index (χ1n) is 2.60. The Morgan fingerprint density at radius 2 is 2.33 bits per heavy atom. The molecule has 0 aliphatic rings. The Balaban J connectivity index is 3.57. The third kappa shape index (κ3) is 4.77. The van der Waals surface area contributed by atoms with Crippen LogP contribution in [0.1, 0.15) is 0 Å². The van der Waals surface area contributed by atoms with Gasteiger partial charge in [-0.15, -0.1) is 0 Å². The molecular weight excluding hydrogens is 114 g/mol. The first kappa shape index (κ1) is 7.91. The molecule has 0 aromatic carbocycles.